The van der Waals surface area contributed by atoms with Crippen molar-refractivity contribution in [3.05, 3.63) is 18.5 Å². The number of aromatic nitrogens is 2. The van der Waals surface area contributed by atoms with Gasteiger partial charge in [-0.2, -0.15) is 0 Å². The SMILES string of the molecule is CCOC(=O)NNC(=O)[C@H]1CCCN(c2ncccn2)C1. The molecule has 21 heavy (non-hydrogen) atoms. The van der Waals surface area contributed by atoms with E-state index in [9.17, 15) is 9.59 Å². The average Bonchev–Trinajstić information content (AvgIpc) is 2.54. The molecule has 2 amide bonds. The van der Waals surface area contributed by atoms with Crippen LogP contribution in [0.2, 0.25) is 0 Å². The van der Waals surface area contributed by atoms with Gasteiger partial charge < -0.3 is 9.64 Å². The molecular weight excluding hydrogens is 274 g/mol. The van der Waals surface area contributed by atoms with E-state index >= 15 is 0 Å². The summed E-state index contributed by atoms with van der Waals surface area (Å²) in [6, 6.07) is 1.75. The molecule has 0 saturated carbocycles. The number of rotatable bonds is 3. The van der Waals surface area contributed by atoms with Crippen LogP contribution in [0.5, 0.6) is 0 Å². The summed E-state index contributed by atoms with van der Waals surface area (Å²) in [5.74, 6) is 0.168. The predicted octanol–water partition coefficient (Wildman–Crippen LogP) is 0.470. The molecule has 1 atom stereocenters. The third-order valence-corrected chi connectivity index (χ3v) is 3.19. The van der Waals surface area contributed by atoms with E-state index in [1.54, 1.807) is 25.4 Å². The minimum Gasteiger partial charge on any atom is -0.449 e. The molecule has 2 N–H and O–H groups in total. The summed E-state index contributed by atoms with van der Waals surface area (Å²) >= 11 is 0. The number of hydrazine groups is 1. The monoisotopic (exact) mass is 293 g/mol. The highest BCUT2D eigenvalue weighted by Crippen LogP contribution is 2.19. The van der Waals surface area contributed by atoms with Gasteiger partial charge in [0.2, 0.25) is 11.9 Å². The molecule has 1 aromatic heterocycles. The Kier molecular flexibility index (Phi) is 5.30. The zero-order valence-electron chi connectivity index (χ0n) is 11.9. The Morgan fingerprint density at radius 2 is 2.14 bits per heavy atom. The normalized spacial score (nSPS) is 18.0. The highest BCUT2D eigenvalue weighted by atomic mass is 16.5. The molecule has 0 unspecified atom stereocenters. The summed E-state index contributed by atoms with van der Waals surface area (Å²) in [7, 11) is 0. The summed E-state index contributed by atoms with van der Waals surface area (Å²) in [6.07, 6.45) is 4.32. The molecule has 1 fully saturated rings. The molecule has 1 saturated heterocycles. The fourth-order valence-electron chi connectivity index (χ4n) is 2.21. The Labute approximate surface area is 122 Å². The fourth-order valence-corrected chi connectivity index (χ4v) is 2.21. The number of nitrogens with one attached hydrogen (secondary N) is 2. The Morgan fingerprint density at radius 3 is 2.86 bits per heavy atom. The summed E-state index contributed by atoms with van der Waals surface area (Å²) in [5, 5.41) is 0. The maximum Gasteiger partial charge on any atom is 0.426 e. The number of carbonyl (C=O) groups is 2. The molecule has 2 heterocycles. The molecule has 2 rings (SSSR count). The van der Waals surface area contributed by atoms with Crippen LogP contribution in [0.15, 0.2) is 18.5 Å². The topological polar surface area (TPSA) is 96.5 Å². The van der Waals surface area contributed by atoms with Crippen molar-refractivity contribution in [2.75, 3.05) is 24.6 Å². The van der Waals surface area contributed by atoms with Gasteiger partial charge in [0.05, 0.1) is 12.5 Å². The highest BCUT2D eigenvalue weighted by molar-refractivity contribution is 5.81. The maximum atomic E-state index is 12.0. The lowest BCUT2D eigenvalue weighted by Crippen LogP contribution is -2.49. The molecule has 1 aliphatic rings. The summed E-state index contributed by atoms with van der Waals surface area (Å²) in [6.45, 7) is 3.30. The van der Waals surface area contributed by atoms with E-state index in [0.29, 0.717) is 12.5 Å². The molecule has 0 radical (unpaired) electrons. The van der Waals surface area contributed by atoms with Crippen molar-refractivity contribution in [2.45, 2.75) is 19.8 Å². The van der Waals surface area contributed by atoms with Crippen LogP contribution in [0.25, 0.3) is 0 Å². The first-order valence-electron chi connectivity index (χ1n) is 6.95. The van der Waals surface area contributed by atoms with Gasteiger partial charge in [0, 0.05) is 25.5 Å². The molecule has 0 aliphatic carbocycles. The van der Waals surface area contributed by atoms with E-state index in [2.05, 4.69) is 25.6 Å². The van der Waals surface area contributed by atoms with Crippen molar-refractivity contribution >= 4 is 17.9 Å². The van der Waals surface area contributed by atoms with Gasteiger partial charge in [0.1, 0.15) is 0 Å². The molecule has 1 aliphatic heterocycles. The number of carbonyl (C=O) groups excluding carboxylic acids is 2. The van der Waals surface area contributed by atoms with E-state index in [4.69, 9.17) is 0 Å². The van der Waals surface area contributed by atoms with Crippen LogP contribution in [-0.4, -0.2) is 41.7 Å². The van der Waals surface area contributed by atoms with E-state index in [-0.39, 0.29) is 18.4 Å². The lowest BCUT2D eigenvalue weighted by molar-refractivity contribution is -0.126. The zero-order valence-corrected chi connectivity index (χ0v) is 11.9. The lowest BCUT2D eigenvalue weighted by atomic mass is 9.98. The van der Waals surface area contributed by atoms with Gasteiger partial charge in [-0.25, -0.2) is 20.2 Å². The van der Waals surface area contributed by atoms with Crippen molar-refractivity contribution in [3.8, 4) is 0 Å². The second-order valence-electron chi connectivity index (χ2n) is 4.67. The minimum atomic E-state index is -0.662. The van der Waals surface area contributed by atoms with E-state index < -0.39 is 6.09 Å². The molecule has 0 spiro atoms. The number of hydrogen-bond donors (Lipinski definition) is 2. The zero-order chi connectivity index (χ0) is 15.1. The van der Waals surface area contributed by atoms with Gasteiger partial charge in [-0.3, -0.25) is 10.2 Å². The van der Waals surface area contributed by atoms with Crippen molar-refractivity contribution in [1.82, 2.24) is 20.8 Å². The maximum absolute atomic E-state index is 12.0. The van der Waals surface area contributed by atoms with Crippen molar-refractivity contribution in [2.24, 2.45) is 5.92 Å². The second kappa shape index (κ2) is 7.41. The molecule has 1 aromatic rings. The number of nitrogens with zero attached hydrogens (tertiary/aromatic N) is 3. The van der Waals surface area contributed by atoms with Crippen LogP contribution in [0.1, 0.15) is 19.8 Å². The Morgan fingerprint density at radius 1 is 1.38 bits per heavy atom. The predicted molar refractivity (Wildman–Crippen MR) is 75.3 cm³/mol. The molecule has 114 valence electrons. The van der Waals surface area contributed by atoms with Crippen LogP contribution in [-0.2, 0) is 9.53 Å². The smallest absolute Gasteiger partial charge is 0.426 e. The van der Waals surface area contributed by atoms with Gasteiger partial charge in [-0.05, 0) is 25.8 Å². The first-order chi connectivity index (χ1) is 10.2. The van der Waals surface area contributed by atoms with Crippen LogP contribution < -0.4 is 15.8 Å². The minimum absolute atomic E-state index is 0.218. The largest absolute Gasteiger partial charge is 0.449 e. The Hall–Kier alpha value is -2.38. The summed E-state index contributed by atoms with van der Waals surface area (Å²) in [5.41, 5.74) is 4.60. The lowest BCUT2D eigenvalue weighted by Gasteiger charge is -2.31. The Bertz CT molecular complexity index is 482. The van der Waals surface area contributed by atoms with Crippen LogP contribution in [0, 0.1) is 5.92 Å². The third kappa shape index (κ3) is 4.30. The molecule has 8 heteroatoms. The molecule has 0 bridgehead atoms. The first-order valence-corrected chi connectivity index (χ1v) is 6.95. The molecule has 0 aromatic carbocycles. The number of hydrogen-bond acceptors (Lipinski definition) is 6. The van der Waals surface area contributed by atoms with Gasteiger partial charge in [-0.15, -0.1) is 0 Å². The van der Waals surface area contributed by atoms with E-state index in [0.717, 1.165) is 19.4 Å². The van der Waals surface area contributed by atoms with Crippen molar-refractivity contribution in [3.63, 3.8) is 0 Å². The standard InChI is InChI=1S/C13H19N5O3/c1-2-21-13(20)17-16-11(19)10-5-3-8-18(9-10)12-14-6-4-7-15-12/h4,6-7,10H,2-3,5,8-9H2,1H3,(H,16,19)(H,17,20)/t10-/m0/s1. The number of amides is 2. The van der Waals surface area contributed by atoms with Crippen LogP contribution >= 0.6 is 0 Å². The van der Waals surface area contributed by atoms with Crippen molar-refractivity contribution < 1.29 is 14.3 Å². The highest BCUT2D eigenvalue weighted by Gasteiger charge is 2.27. The first kappa shape index (κ1) is 15.0. The van der Waals surface area contributed by atoms with Gasteiger partial charge in [0.15, 0.2) is 0 Å². The quantitative estimate of drug-likeness (QED) is 0.786. The van der Waals surface area contributed by atoms with E-state index in [1.165, 1.54) is 0 Å². The summed E-state index contributed by atoms with van der Waals surface area (Å²) in [4.78, 5) is 33.5. The van der Waals surface area contributed by atoms with Gasteiger partial charge >= 0.3 is 6.09 Å². The third-order valence-electron chi connectivity index (χ3n) is 3.19. The molecule has 8 nitrogen and oxygen atoms in total. The van der Waals surface area contributed by atoms with Gasteiger partial charge in [0.25, 0.3) is 0 Å². The molecular formula is C13H19N5O3. The van der Waals surface area contributed by atoms with Gasteiger partial charge in [-0.1, -0.05) is 0 Å². The second-order valence-corrected chi connectivity index (χ2v) is 4.67. The summed E-state index contributed by atoms with van der Waals surface area (Å²) < 4.78 is 4.67. The van der Waals surface area contributed by atoms with Crippen LogP contribution in [0.4, 0.5) is 10.7 Å². The average molecular weight is 293 g/mol. The number of ether oxygens (including phenoxy) is 1. The fraction of sp³-hybridized carbons (Fsp3) is 0.538. The number of anilines is 1. The van der Waals surface area contributed by atoms with E-state index in [1.807, 2.05) is 4.90 Å². The van der Waals surface area contributed by atoms with Crippen LogP contribution in [0.3, 0.4) is 0 Å². The Balaban J connectivity index is 1.86. The number of piperidine rings is 1. The van der Waals surface area contributed by atoms with Crippen molar-refractivity contribution in [1.29, 1.82) is 0 Å².